The number of carbonyl (C=O) groups is 1. The third-order valence-electron chi connectivity index (χ3n) is 3.56. The van der Waals surface area contributed by atoms with Crippen LogP contribution >= 0.6 is 0 Å². The molecule has 0 amide bonds. The fourth-order valence-electron chi connectivity index (χ4n) is 2.43. The fourth-order valence-corrected chi connectivity index (χ4v) is 2.43. The van der Waals surface area contributed by atoms with Crippen LogP contribution in [0, 0.1) is 0 Å². The zero-order valence-corrected chi connectivity index (χ0v) is 11.8. The van der Waals surface area contributed by atoms with Gasteiger partial charge < -0.3 is 4.74 Å². The van der Waals surface area contributed by atoms with E-state index in [-0.39, 0.29) is 12.1 Å². The summed E-state index contributed by atoms with van der Waals surface area (Å²) in [6.45, 7) is 2.23. The summed E-state index contributed by atoms with van der Waals surface area (Å²) < 4.78 is 5.35. The molecule has 0 aromatic carbocycles. The van der Waals surface area contributed by atoms with Gasteiger partial charge in [-0.15, -0.1) is 0 Å². The summed E-state index contributed by atoms with van der Waals surface area (Å²) in [6.07, 6.45) is 17.1. The molecule has 0 spiro atoms. The Morgan fingerprint density at radius 2 is 1.78 bits per heavy atom. The minimum atomic E-state index is -0.145. The average Bonchev–Trinajstić information content (AvgIpc) is 2.85. The van der Waals surface area contributed by atoms with Crippen LogP contribution in [0.25, 0.3) is 0 Å². The second-order valence-electron chi connectivity index (χ2n) is 5.30. The van der Waals surface area contributed by atoms with Gasteiger partial charge in [0, 0.05) is 6.08 Å². The molecule has 18 heavy (non-hydrogen) atoms. The molecular formula is C16H28O2. The Balaban J connectivity index is 1.93. The topological polar surface area (TPSA) is 26.3 Å². The van der Waals surface area contributed by atoms with E-state index in [1.165, 1.54) is 51.4 Å². The predicted octanol–water partition coefficient (Wildman–Crippen LogP) is 4.78. The third kappa shape index (κ3) is 7.52. The van der Waals surface area contributed by atoms with Crippen molar-refractivity contribution in [1.82, 2.24) is 0 Å². The highest BCUT2D eigenvalue weighted by atomic mass is 16.5. The van der Waals surface area contributed by atoms with Gasteiger partial charge in [0.05, 0.1) is 0 Å². The van der Waals surface area contributed by atoms with Crippen molar-refractivity contribution >= 4 is 5.97 Å². The second kappa shape index (κ2) is 10.2. The first kappa shape index (κ1) is 15.3. The van der Waals surface area contributed by atoms with Gasteiger partial charge in [-0.1, -0.05) is 45.1 Å². The van der Waals surface area contributed by atoms with Gasteiger partial charge >= 0.3 is 5.97 Å². The van der Waals surface area contributed by atoms with Gasteiger partial charge in [0.15, 0.2) is 0 Å². The lowest BCUT2D eigenvalue weighted by Gasteiger charge is -2.08. The maximum Gasteiger partial charge on any atom is 0.330 e. The molecule has 0 aromatic heterocycles. The number of unbranched alkanes of at least 4 members (excludes halogenated alkanes) is 6. The quantitative estimate of drug-likeness (QED) is 0.335. The highest BCUT2D eigenvalue weighted by Crippen LogP contribution is 2.21. The van der Waals surface area contributed by atoms with Gasteiger partial charge in [0.1, 0.15) is 6.10 Å². The third-order valence-corrected chi connectivity index (χ3v) is 3.56. The lowest BCUT2D eigenvalue weighted by atomic mass is 10.1. The molecule has 104 valence electrons. The van der Waals surface area contributed by atoms with Crippen LogP contribution in [0.4, 0.5) is 0 Å². The van der Waals surface area contributed by atoms with Crippen molar-refractivity contribution in [3.63, 3.8) is 0 Å². The van der Waals surface area contributed by atoms with Gasteiger partial charge in [-0.25, -0.2) is 4.79 Å². The van der Waals surface area contributed by atoms with E-state index in [4.69, 9.17) is 4.74 Å². The highest BCUT2D eigenvalue weighted by molar-refractivity contribution is 5.82. The molecule has 1 fully saturated rings. The summed E-state index contributed by atoms with van der Waals surface area (Å²) in [5, 5.41) is 0. The van der Waals surface area contributed by atoms with Gasteiger partial charge in [-0.3, -0.25) is 0 Å². The van der Waals surface area contributed by atoms with E-state index < -0.39 is 0 Å². The number of allylic oxidation sites excluding steroid dienone is 1. The lowest BCUT2D eigenvalue weighted by molar-refractivity contribution is -0.142. The van der Waals surface area contributed by atoms with E-state index >= 15 is 0 Å². The molecule has 0 aliphatic heterocycles. The van der Waals surface area contributed by atoms with Crippen LogP contribution in [0.2, 0.25) is 0 Å². The van der Waals surface area contributed by atoms with Crippen LogP contribution in [0.3, 0.4) is 0 Å². The number of carbonyl (C=O) groups excluding carboxylic acids is 1. The van der Waals surface area contributed by atoms with Crippen LogP contribution in [0.15, 0.2) is 12.2 Å². The maximum absolute atomic E-state index is 11.5. The molecule has 0 saturated heterocycles. The van der Waals surface area contributed by atoms with E-state index in [2.05, 4.69) is 6.92 Å². The summed E-state index contributed by atoms with van der Waals surface area (Å²) in [6, 6.07) is 0. The van der Waals surface area contributed by atoms with Crippen LogP contribution in [0.1, 0.15) is 77.6 Å². The van der Waals surface area contributed by atoms with Crippen LogP contribution in [-0.2, 0) is 9.53 Å². The number of hydrogen-bond acceptors (Lipinski definition) is 2. The van der Waals surface area contributed by atoms with Crippen molar-refractivity contribution in [3.05, 3.63) is 12.2 Å². The molecule has 0 aromatic rings. The lowest BCUT2D eigenvalue weighted by Crippen LogP contribution is -2.12. The van der Waals surface area contributed by atoms with Gasteiger partial charge in [0.25, 0.3) is 0 Å². The normalized spacial score (nSPS) is 16.5. The largest absolute Gasteiger partial charge is 0.459 e. The van der Waals surface area contributed by atoms with Gasteiger partial charge in [0.2, 0.25) is 0 Å². The number of hydrogen-bond donors (Lipinski definition) is 0. The molecule has 0 bridgehead atoms. The fraction of sp³-hybridized carbons (Fsp3) is 0.812. The van der Waals surface area contributed by atoms with Crippen molar-refractivity contribution in [1.29, 1.82) is 0 Å². The summed E-state index contributed by atoms with van der Waals surface area (Å²) in [5.41, 5.74) is 0. The van der Waals surface area contributed by atoms with Crippen molar-refractivity contribution in [3.8, 4) is 0 Å². The van der Waals surface area contributed by atoms with Crippen molar-refractivity contribution in [2.24, 2.45) is 0 Å². The molecule has 1 rings (SSSR count). The van der Waals surface area contributed by atoms with Crippen molar-refractivity contribution < 1.29 is 9.53 Å². The molecule has 0 unspecified atom stereocenters. The van der Waals surface area contributed by atoms with E-state index in [0.29, 0.717) is 0 Å². The maximum atomic E-state index is 11.5. The Morgan fingerprint density at radius 1 is 1.11 bits per heavy atom. The Labute approximate surface area is 112 Å². The molecule has 1 aliphatic carbocycles. The van der Waals surface area contributed by atoms with Crippen LogP contribution in [0.5, 0.6) is 0 Å². The summed E-state index contributed by atoms with van der Waals surface area (Å²) in [7, 11) is 0. The Bertz CT molecular complexity index is 239. The smallest absolute Gasteiger partial charge is 0.330 e. The van der Waals surface area contributed by atoms with Crippen LogP contribution < -0.4 is 0 Å². The number of esters is 1. The Morgan fingerprint density at radius 3 is 2.50 bits per heavy atom. The predicted molar refractivity (Wildman–Crippen MR) is 75.5 cm³/mol. The SMILES string of the molecule is CCCCCCCCC=CC(=O)OC1CCCC1. The molecule has 1 saturated carbocycles. The molecule has 0 radical (unpaired) electrons. The molecular weight excluding hydrogens is 224 g/mol. The molecule has 0 N–H and O–H groups in total. The van der Waals surface area contributed by atoms with Crippen molar-refractivity contribution in [2.45, 2.75) is 83.7 Å². The first-order valence-electron chi connectivity index (χ1n) is 7.70. The van der Waals surface area contributed by atoms with E-state index in [1.807, 2.05) is 6.08 Å². The standard InChI is InChI=1S/C16H28O2/c1-2-3-4-5-6-7-8-9-14-16(17)18-15-12-10-11-13-15/h9,14-15H,2-8,10-13H2,1H3. The first-order chi connectivity index (χ1) is 8.83. The van der Waals surface area contributed by atoms with Gasteiger partial charge in [-0.05, 0) is 38.5 Å². The zero-order chi connectivity index (χ0) is 13.1. The van der Waals surface area contributed by atoms with E-state index in [1.54, 1.807) is 6.08 Å². The highest BCUT2D eigenvalue weighted by Gasteiger charge is 2.17. The van der Waals surface area contributed by atoms with Crippen LogP contribution in [-0.4, -0.2) is 12.1 Å². The summed E-state index contributed by atoms with van der Waals surface area (Å²) in [5.74, 6) is -0.145. The van der Waals surface area contributed by atoms with E-state index in [9.17, 15) is 4.79 Å². The number of rotatable bonds is 9. The monoisotopic (exact) mass is 252 g/mol. The summed E-state index contributed by atoms with van der Waals surface area (Å²) >= 11 is 0. The average molecular weight is 252 g/mol. The van der Waals surface area contributed by atoms with Gasteiger partial charge in [-0.2, -0.15) is 0 Å². The molecule has 2 heteroatoms. The van der Waals surface area contributed by atoms with Crippen molar-refractivity contribution in [2.75, 3.05) is 0 Å². The van der Waals surface area contributed by atoms with E-state index in [0.717, 1.165) is 19.3 Å². The second-order valence-corrected chi connectivity index (χ2v) is 5.30. The minimum Gasteiger partial charge on any atom is -0.459 e. The first-order valence-corrected chi connectivity index (χ1v) is 7.70. The number of ether oxygens (including phenoxy) is 1. The minimum absolute atomic E-state index is 0.145. The zero-order valence-electron chi connectivity index (χ0n) is 11.8. The Kier molecular flexibility index (Phi) is 8.62. The summed E-state index contributed by atoms with van der Waals surface area (Å²) in [4.78, 5) is 11.5. The molecule has 1 aliphatic rings. The molecule has 0 heterocycles. The Hall–Kier alpha value is -0.790. The molecule has 2 nitrogen and oxygen atoms in total. The molecule has 0 atom stereocenters.